The van der Waals surface area contributed by atoms with Crippen molar-refractivity contribution in [2.75, 3.05) is 5.32 Å². The van der Waals surface area contributed by atoms with E-state index in [1.165, 1.54) is 42.7 Å². The van der Waals surface area contributed by atoms with Gasteiger partial charge in [0.2, 0.25) is 5.91 Å². The fourth-order valence-electron chi connectivity index (χ4n) is 2.48. The van der Waals surface area contributed by atoms with E-state index in [0.717, 1.165) is 5.56 Å². The van der Waals surface area contributed by atoms with Gasteiger partial charge in [0.25, 0.3) is 11.6 Å². The lowest BCUT2D eigenvalue weighted by atomic mass is 10.1. The Kier molecular flexibility index (Phi) is 5.79. The zero-order valence-electron chi connectivity index (χ0n) is 15.1. The van der Waals surface area contributed by atoms with E-state index in [9.17, 15) is 19.7 Å². The maximum absolute atomic E-state index is 12.3. The lowest BCUT2D eigenvalue weighted by Gasteiger charge is -2.09. The lowest BCUT2D eigenvalue weighted by Crippen LogP contribution is -2.12. The number of primary amides is 1. The summed E-state index contributed by atoms with van der Waals surface area (Å²) in [4.78, 5) is 37.6. The summed E-state index contributed by atoms with van der Waals surface area (Å²) in [6.45, 7) is 0.186. The van der Waals surface area contributed by atoms with E-state index in [2.05, 4.69) is 10.3 Å². The van der Waals surface area contributed by atoms with Crippen LogP contribution in [0.4, 0.5) is 11.4 Å². The Morgan fingerprint density at radius 3 is 2.52 bits per heavy atom. The average molecular weight is 392 g/mol. The highest BCUT2D eigenvalue weighted by atomic mass is 16.6. The average Bonchev–Trinajstić information content (AvgIpc) is 2.73. The minimum Gasteiger partial charge on any atom is -0.487 e. The molecule has 0 saturated heterocycles. The van der Waals surface area contributed by atoms with Gasteiger partial charge in [-0.15, -0.1) is 0 Å². The number of nitro benzene ring substituents is 1. The summed E-state index contributed by atoms with van der Waals surface area (Å²) in [5.74, 6) is -0.600. The van der Waals surface area contributed by atoms with Gasteiger partial charge >= 0.3 is 0 Å². The van der Waals surface area contributed by atoms with Gasteiger partial charge in [-0.05, 0) is 35.9 Å². The first-order valence-corrected chi connectivity index (χ1v) is 8.45. The van der Waals surface area contributed by atoms with E-state index in [0.29, 0.717) is 17.0 Å². The first-order valence-electron chi connectivity index (χ1n) is 8.45. The van der Waals surface area contributed by atoms with Crippen molar-refractivity contribution in [1.29, 1.82) is 0 Å². The number of anilines is 1. The van der Waals surface area contributed by atoms with Crippen molar-refractivity contribution in [2.24, 2.45) is 5.73 Å². The maximum Gasteiger partial charge on any atom is 0.269 e. The number of rotatable bonds is 7. The number of pyridine rings is 1. The van der Waals surface area contributed by atoms with Crippen LogP contribution in [0.5, 0.6) is 5.75 Å². The Morgan fingerprint density at radius 1 is 1.07 bits per heavy atom. The van der Waals surface area contributed by atoms with Crippen molar-refractivity contribution < 1.29 is 19.2 Å². The molecule has 0 bridgehead atoms. The first kappa shape index (κ1) is 19.5. The van der Waals surface area contributed by atoms with Gasteiger partial charge in [-0.3, -0.25) is 24.7 Å². The molecule has 29 heavy (non-hydrogen) atoms. The minimum absolute atomic E-state index is 0.0874. The van der Waals surface area contributed by atoms with Crippen LogP contribution in [0.25, 0.3) is 0 Å². The van der Waals surface area contributed by atoms with Gasteiger partial charge in [-0.1, -0.05) is 12.1 Å². The number of non-ortho nitro benzene ring substituents is 1. The molecule has 0 radical (unpaired) electrons. The second-order valence-corrected chi connectivity index (χ2v) is 6.02. The van der Waals surface area contributed by atoms with Crippen molar-refractivity contribution >= 4 is 23.2 Å². The molecule has 1 aromatic heterocycles. The number of nitrogens with zero attached hydrogens (tertiary/aromatic N) is 2. The number of aromatic nitrogens is 1. The Labute approximate surface area is 165 Å². The zero-order chi connectivity index (χ0) is 20.8. The number of benzene rings is 2. The molecule has 9 nitrogen and oxygen atoms in total. The number of carbonyl (C=O) groups is 2. The molecule has 3 rings (SSSR count). The van der Waals surface area contributed by atoms with Crippen LogP contribution in [-0.4, -0.2) is 21.7 Å². The third-order valence-electron chi connectivity index (χ3n) is 3.93. The van der Waals surface area contributed by atoms with Gasteiger partial charge in [0.15, 0.2) is 0 Å². The molecule has 3 N–H and O–H groups in total. The van der Waals surface area contributed by atoms with E-state index in [1.54, 1.807) is 18.2 Å². The lowest BCUT2D eigenvalue weighted by molar-refractivity contribution is -0.384. The van der Waals surface area contributed by atoms with Crippen molar-refractivity contribution in [2.45, 2.75) is 6.61 Å². The standard InChI is InChI=1S/C20H16N4O5/c21-19(25)15-9-18(11-22-10-15)29-12-13-2-1-3-16(8-13)23-20(26)14-4-6-17(7-5-14)24(27)28/h1-11H,12H2,(H2,21,25)(H,23,26). The van der Waals surface area contributed by atoms with E-state index in [-0.39, 0.29) is 17.9 Å². The van der Waals surface area contributed by atoms with Crippen molar-refractivity contribution in [3.8, 4) is 5.75 Å². The summed E-state index contributed by atoms with van der Waals surface area (Å²) in [5, 5.41) is 13.4. The molecule has 0 aliphatic heterocycles. The van der Waals surface area contributed by atoms with E-state index in [4.69, 9.17) is 10.5 Å². The minimum atomic E-state index is -0.598. The van der Waals surface area contributed by atoms with Gasteiger partial charge in [0.1, 0.15) is 12.4 Å². The third kappa shape index (κ3) is 5.13. The van der Waals surface area contributed by atoms with Gasteiger partial charge in [0.05, 0.1) is 16.7 Å². The highest BCUT2D eigenvalue weighted by Crippen LogP contribution is 2.17. The van der Waals surface area contributed by atoms with Crippen LogP contribution in [0.15, 0.2) is 67.0 Å². The summed E-state index contributed by atoms with van der Waals surface area (Å²) >= 11 is 0. The molecule has 9 heteroatoms. The molecule has 2 aromatic carbocycles. The Bertz CT molecular complexity index is 1070. The predicted molar refractivity (Wildman–Crippen MR) is 105 cm³/mol. The summed E-state index contributed by atoms with van der Waals surface area (Å²) in [5.41, 5.74) is 6.99. The van der Waals surface area contributed by atoms with E-state index < -0.39 is 16.7 Å². The fourth-order valence-corrected chi connectivity index (χ4v) is 2.48. The molecular formula is C20H16N4O5. The SMILES string of the molecule is NC(=O)c1cncc(OCc2cccc(NC(=O)c3ccc([N+](=O)[O-])cc3)c2)c1. The molecular weight excluding hydrogens is 376 g/mol. The van der Waals surface area contributed by atoms with Crippen LogP contribution in [-0.2, 0) is 6.61 Å². The predicted octanol–water partition coefficient (Wildman–Crippen LogP) is 2.92. The number of nitrogens with two attached hydrogens (primary N) is 1. The summed E-state index contributed by atoms with van der Waals surface area (Å²) in [6, 6.07) is 13.8. The van der Waals surface area contributed by atoms with Crippen LogP contribution in [0, 0.1) is 10.1 Å². The van der Waals surface area contributed by atoms with E-state index >= 15 is 0 Å². The topological polar surface area (TPSA) is 137 Å². The van der Waals surface area contributed by atoms with Crippen LogP contribution in [0.2, 0.25) is 0 Å². The molecule has 0 saturated carbocycles. The first-order chi connectivity index (χ1) is 13.9. The molecule has 3 aromatic rings. The molecule has 2 amide bonds. The molecule has 146 valence electrons. The normalized spacial score (nSPS) is 10.2. The smallest absolute Gasteiger partial charge is 0.269 e. The number of hydrogen-bond acceptors (Lipinski definition) is 6. The third-order valence-corrected chi connectivity index (χ3v) is 3.93. The number of ether oxygens (including phenoxy) is 1. The van der Waals surface area contributed by atoms with Gasteiger partial charge < -0.3 is 15.8 Å². The quantitative estimate of drug-likeness (QED) is 0.468. The van der Waals surface area contributed by atoms with Gasteiger partial charge in [0, 0.05) is 29.6 Å². The van der Waals surface area contributed by atoms with Gasteiger partial charge in [-0.2, -0.15) is 0 Å². The van der Waals surface area contributed by atoms with Crippen molar-refractivity contribution in [3.63, 3.8) is 0 Å². The Hall–Kier alpha value is -4.27. The molecule has 0 aliphatic rings. The number of amides is 2. The molecule has 0 spiro atoms. The highest BCUT2D eigenvalue weighted by Gasteiger charge is 2.10. The van der Waals surface area contributed by atoms with Crippen molar-refractivity contribution in [1.82, 2.24) is 4.98 Å². The molecule has 0 fully saturated rings. The number of nitro groups is 1. The van der Waals surface area contributed by atoms with Gasteiger partial charge in [-0.25, -0.2) is 0 Å². The van der Waals surface area contributed by atoms with E-state index in [1.807, 2.05) is 6.07 Å². The van der Waals surface area contributed by atoms with Crippen LogP contribution >= 0.6 is 0 Å². The fraction of sp³-hybridized carbons (Fsp3) is 0.0500. The zero-order valence-corrected chi connectivity index (χ0v) is 15.1. The van der Waals surface area contributed by atoms with Crippen LogP contribution in [0.1, 0.15) is 26.3 Å². The molecule has 0 aliphatic carbocycles. The molecule has 1 heterocycles. The summed E-state index contributed by atoms with van der Waals surface area (Å²) < 4.78 is 5.62. The van der Waals surface area contributed by atoms with Crippen LogP contribution in [0.3, 0.4) is 0 Å². The monoisotopic (exact) mass is 392 g/mol. The second-order valence-electron chi connectivity index (χ2n) is 6.02. The largest absolute Gasteiger partial charge is 0.487 e. The highest BCUT2D eigenvalue weighted by molar-refractivity contribution is 6.04. The Morgan fingerprint density at radius 2 is 1.83 bits per heavy atom. The van der Waals surface area contributed by atoms with Crippen LogP contribution < -0.4 is 15.8 Å². The molecule has 0 atom stereocenters. The van der Waals surface area contributed by atoms with Crippen molar-refractivity contribution in [3.05, 3.63) is 93.8 Å². The number of carbonyl (C=O) groups excluding carboxylic acids is 2. The second kappa shape index (κ2) is 8.61. The summed E-state index contributed by atoms with van der Waals surface area (Å²) in [6.07, 6.45) is 2.82. The number of nitrogens with one attached hydrogen (secondary N) is 1. The maximum atomic E-state index is 12.3. The summed E-state index contributed by atoms with van der Waals surface area (Å²) in [7, 11) is 0. The Balaban J connectivity index is 1.64. The molecule has 0 unspecified atom stereocenters. The number of hydrogen-bond donors (Lipinski definition) is 2.